The summed E-state index contributed by atoms with van der Waals surface area (Å²) in [6.45, 7) is 7.59. The molecular formula is C31H45N3O6. The third kappa shape index (κ3) is 5.39. The van der Waals surface area contributed by atoms with Crippen LogP contribution in [0.4, 0.5) is 0 Å². The van der Waals surface area contributed by atoms with E-state index in [1.165, 1.54) is 12.5 Å². The van der Waals surface area contributed by atoms with E-state index in [0.717, 1.165) is 50.7 Å². The molecule has 4 N–H and O–H groups in total. The maximum atomic E-state index is 12.3. The van der Waals surface area contributed by atoms with Crippen LogP contribution in [0.3, 0.4) is 0 Å². The number of terminal acetylenes is 1. The predicted octanol–water partition coefficient (Wildman–Crippen LogP) is 3.56. The summed E-state index contributed by atoms with van der Waals surface area (Å²) < 4.78 is 0. The standard InChI is InChI=1S/C31H45N3O6/c1-6-8-25(28(37)38)33-27(36)19(3)32-26(35)18-40-34-21-11-14-29(4)20(17-21)9-10-22-23(29)12-15-30(5)24(22)13-16-31(30,39)7-2/h2,17,19,22-25,39H,6,8-16,18H2,1,3-5H3,(H,32,35)(H,33,36)(H,37,38)/b34-21+/t19-,22+,23-,24-,25+,29-,30-,31+/m0/s1. The molecule has 0 aromatic carbocycles. The van der Waals surface area contributed by atoms with Crippen LogP contribution in [0.1, 0.15) is 91.9 Å². The quantitative estimate of drug-likeness (QED) is 0.254. The van der Waals surface area contributed by atoms with Crippen LogP contribution < -0.4 is 10.6 Å². The number of carboxylic acid groups (broad SMARTS) is 1. The Labute approximate surface area is 237 Å². The molecule has 9 nitrogen and oxygen atoms in total. The lowest BCUT2D eigenvalue weighted by molar-refractivity contribution is -0.142. The summed E-state index contributed by atoms with van der Waals surface area (Å²) >= 11 is 0. The van der Waals surface area contributed by atoms with Crippen molar-refractivity contribution in [2.24, 2.45) is 33.7 Å². The molecule has 40 heavy (non-hydrogen) atoms. The van der Waals surface area contributed by atoms with Crippen LogP contribution in [-0.4, -0.2) is 58.0 Å². The largest absolute Gasteiger partial charge is 0.480 e. The smallest absolute Gasteiger partial charge is 0.326 e. The van der Waals surface area contributed by atoms with Crippen molar-refractivity contribution in [1.82, 2.24) is 10.6 Å². The Hall–Kier alpha value is -2.86. The van der Waals surface area contributed by atoms with Gasteiger partial charge < -0.3 is 25.7 Å². The fraction of sp³-hybridized carbons (Fsp3) is 0.742. The highest BCUT2D eigenvalue weighted by Gasteiger charge is 2.63. The van der Waals surface area contributed by atoms with Crippen molar-refractivity contribution in [1.29, 1.82) is 0 Å². The number of hydrogen-bond acceptors (Lipinski definition) is 6. The Kier molecular flexibility index (Phi) is 8.70. The second kappa shape index (κ2) is 11.6. The van der Waals surface area contributed by atoms with Crippen LogP contribution in [0, 0.1) is 40.9 Å². The van der Waals surface area contributed by atoms with Gasteiger partial charge in [-0.1, -0.05) is 43.8 Å². The summed E-state index contributed by atoms with van der Waals surface area (Å²) in [7, 11) is 0. The summed E-state index contributed by atoms with van der Waals surface area (Å²) in [5.41, 5.74) is 1.10. The molecule has 4 aliphatic carbocycles. The third-order valence-corrected chi connectivity index (χ3v) is 10.7. The fourth-order valence-corrected chi connectivity index (χ4v) is 8.26. The number of aliphatic hydroxyl groups is 1. The minimum absolute atomic E-state index is 0.0892. The SMILES string of the molecule is C#C[C@@]1(O)CC[C@H]2[C@@H]3CCC4=C/C(=N/OCC(=O)N[C@@H](C)C(=O)N[C@H](CCC)C(=O)O)CC[C@]4(C)[C@H]3CC[C@@]21C. The van der Waals surface area contributed by atoms with Gasteiger partial charge in [0.05, 0.1) is 5.71 Å². The zero-order chi connectivity index (χ0) is 29.3. The molecule has 8 atom stereocenters. The van der Waals surface area contributed by atoms with Gasteiger partial charge in [0.15, 0.2) is 6.61 Å². The topological polar surface area (TPSA) is 137 Å². The van der Waals surface area contributed by atoms with E-state index in [0.29, 0.717) is 37.0 Å². The Bertz CT molecular complexity index is 1130. The molecule has 2 amide bonds. The highest BCUT2D eigenvalue weighted by Crippen LogP contribution is 2.67. The molecule has 3 saturated carbocycles. The molecule has 4 aliphatic rings. The number of rotatable bonds is 9. The van der Waals surface area contributed by atoms with Crippen molar-refractivity contribution in [3.63, 3.8) is 0 Å². The van der Waals surface area contributed by atoms with Crippen LogP contribution in [0.5, 0.6) is 0 Å². The van der Waals surface area contributed by atoms with Crippen molar-refractivity contribution in [2.45, 2.75) is 110 Å². The average Bonchev–Trinajstić information content (AvgIpc) is 3.19. The van der Waals surface area contributed by atoms with Crippen LogP contribution in [-0.2, 0) is 19.2 Å². The minimum Gasteiger partial charge on any atom is -0.480 e. The van der Waals surface area contributed by atoms with Gasteiger partial charge in [-0.15, -0.1) is 6.42 Å². The van der Waals surface area contributed by atoms with Gasteiger partial charge in [-0.05, 0) is 94.0 Å². The number of nitrogens with zero attached hydrogens (tertiary/aromatic N) is 1. The predicted molar refractivity (Wildman–Crippen MR) is 151 cm³/mol. The number of amides is 2. The van der Waals surface area contributed by atoms with Gasteiger partial charge >= 0.3 is 5.97 Å². The Morgan fingerprint density at radius 1 is 1.15 bits per heavy atom. The number of oxime groups is 1. The minimum atomic E-state index is -1.10. The number of nitrogens with one attached hydrogen (secondary N) is 2. The van der Waals surface area contributed by atoms with E-state index in [2.05, 4.69) is 41.6 Å². The molecule has 0 heterocycles. The first-order valence-corrected chi connectivity index (χ1v) is 14.8. The number of fused-ring (bicyclic) bond motifs is 5. The van der Waals surface area contributed by atoms with Crippen LogP contribution in [0.15, 0.2) is 16.8 Å². The monoisotopic (exact) mass is 555 g/mol. The summed E-state index contributed by atoms with van der Waals surface area (Å²) in [5, 5.41) is 29.6. The second-order valence-electron chi connectivity index (χ2n) is 12.8. The summed E-state index contributed by atoms with van der Waals surface area (Å²) in [5.74, 6) is 2.16. The zero-order valence-electron chi connectivity index (χ0n) is 24.3. The number of carbonyl (C=O) groups excluding carboxylic acids is 2. The Balaban J connectivity index is 1.32. The molecule has 3 fully saturated rings. The van der Waals surface area contributed by atoms with Crippen molar-refractivity contribution in [2.75, 3.05) is 6.61 Å². The van der Waals surface area contributed by atoms with Crippen molar-refractivity contribution in [3.05, 3.63) is 11.6 Å². The summed E-state index contributed by atoms with van der Waals surface area (Å²) in [6.07, 6.45) is 16.4. The number of carbonyl (C=O) groups is 3. The van der Waals surface area contributed by atoms with Crippen LogP contribution >= 0.6 is 0 Å². The summed E-state index contributed by atoms with van der Waals surface area (Å²) in [6, 6.07) is -1.88. The van der Waals surface area contributed by atoms with Gasteiger partial charge in [-0.2, -0.15) is 0 Å². The lowest BCUT2D eigenvalue weighted by atomic mass is 9.46. The highest BCUT2D eigenvalue weighted by atomic mass is 16.6. The summed E-state index contributed by atoms with van der Waals surface area (Å²) in [4.78, 5) is 41.2. The van der Waals surface area contributed by atoms with Crippen molar-refractivity contribution < 1.29 is 29.4 Å². The number of hydrogen-bond donors (Lipinski definition) is 4. The van der Waals surface area contributed by atoms with Crippen LogP contribution in [0.2, 0.25) is 0 Å². The molecule has 9 heteroatoms. The lowest BCUT2D eigenvalue weighted by Crippen LogP contribution is -2.54. The number of carboxylic acids is 1. The van der Waals surface area contributed by atoms with Crippen LogP contribution in [0.25, 0.3) is 0 Å². The molecule has 0 aromatic heterocycles. The number of allylic oxidation sites excluding steroid dienone is 2. The zero-order valence-corrected chi connectivity index (χ0v) is 24.3. The molecule has 0 radical (unpaired) electrons. The third-order valence-electron chi connectivity index (χ3n) is 10.7. The molecule has 4 rings (SSSR count). The molecule has 0 unspecified atom stereocenters. The molecule has 0 aromatic rings. The maximum Gasteiger partial charge on any atom is 0.326 e. The van der Waals surface area contributed by atoms with E-state index in [9.17, 15) is 24.6 Å². The van der Waals surface area contributed by atoms with E-state index < -0.39 is 35.5 Å². The van der Waals surface area contributed by atoms with Gasteiger partial charge in [-0.25, -0.2) is 4.79 Å². The molecular weight excluding hydrogens is 510 g/mol. The van der Waals surface area contributed by atoms with Gasteiger partial charge in [0, 0.05) is 5.41 Å². The van der Waals surface area contributed by atoms with E-state index in [4.69, 9.17) is 11.3 Å². The average molecular weight is 556 g/mol. The van der Waals surface area contributed by atoms with Gasteiger partial charge in [-0.3, -0.25) is 9.59 Å². The van der Waals surface area contributed by atoms with E-state index >= 15 is 0 Å². The van der Waals surface area contributed by atoms with Gasteiger partial charge in [0.1, 0.15) is 17.7 Å². The van der Waals surface area contributed by atoms with E-state index in [1.54, 1.807) is 0 Å². The first-order valence-electron chi connectivity index (χ1n) is 14.8. The maximum absolute atomic E-state index is 12.3. The lowest BCUT2D eigenvalue weighted by Gasteiger charge is -2.58. The molecule has 0 spiro atoms. The van der Waals surface area contributed by atoms with E-state index in [1.807, 2.05) is 6.92 Å². The highest BCUT2D eigenvalue weighted by molar-refractivity contribution is 5.96. The van der Waals surface area contributed by atoms with Crippen molar-refractivity contribution >= 4 is 23.5 Å². The molecule has 0 aliphatic heterocycles. The number of aliphatic carboxylic acids is 1. The van der Waals surface area contributed by atoms with Crippen molar-refractivity contribution in [3.8, 4) is 12.3 Å². The normalized spacial score (nSPS) is 37.0. The first kappa shape index (κ1) is 30.1. The molecule has 0 saturated heterocycles. The molecule has 0 bridgehead atoms. The van der Waals surface area contributed by atoms with E-state index in [-0.39, 0.29) is 17.4 Å². The molecule has 220 valence electrons. The first-order chi connectivity index (χ1) is 18.9. The Morgan fingerprint density at radius 2 is 1.88 bits per heavy atom. The second-order valence-corrected chi connectivity index (χ2v) is 12.8. The fourth-order valence-electron chi connectivity index (χ4n) is 8.26. The van der Waals surface area contributed by atoms with Gasteiger partial charge in [0.25, 0.3) is 5.91 Å². The Morgan fingerprint density at radius 3 is 2.55 bits per heavy atom. The van der Waals surface area contributed by atoms with Gasteiger partial charge in [0.2, 0.25) is 5.91 Å².